The lowest BCUT2D eigenvalue weighted by molar-refractivity contribution is -0.131. The van der Waals surface area contributed by atoms with E-state index in [9.17, 15) is 18.8 Å². The maximum Gasteiger partial charge on any atom is 0.258 e. The number of anilines is 1. The van der Waals surface area contributed by atoms with Crippen LogP contribution in [-0.2, 0) is 16.0 Å². The summed E-state index contributed by atoms with van der Waals surface area (Å²) < 4.78 is 16.5. The number of hydrogen-bond acceptors (Lipinski definition) is 4. The number of carbonyl (C=O) groups is 2. The van der Waals surface area contributed by atoms with Gasteiger partial charge in [-0.15, -0.1) is 0 Å². The van der Waals surface area contributed by atoms with Gasteiger partial charge in [0.1, 0.15) is 6.04 Å². The molecular formula is C34H36FN5O3. The summed E-state index contributed by atoms with van der Waals surface area (Å²) >= 11 is 0. The molecule has 2 heterocycles. The van der Waals surface area contributed by atoms with Crippen molar-refractivity contribution in [1.82, 2.24) is 20.1 Å². The lowest BCUT2D eigenvalue weighted by Crippen LogP contribution is -2.50. The highest BCUT2D eigenvalue weighted by atomic mass is 19.1. The van der Waals surface area contributed by atoms with E-state index in [4.69, 9.17) is 0 Å². The smallest absolute Gasteiger partial charge is 0.258 e. The third kappa shape index (κ3) is 5.51. The number of H-pyrrole nitrogens is 1. The highest BCUT2D eigenvalue weighted by Gasteiger charge is 2.52. The lowest BCUT2D eigenvalue weighted by Gasteiger charge is -2.26. The van der Waals surface area contributed by atoms with E-state index in [0.29, 0.717) is 12.1 Å². The first-order valence-corrected chi connectivity index (χ1v) is 14.8. The summed E-state index contributed by atoms with van der Waals surface area (Å²) in [5.41, 5.74) is 6.28. The van der Waals surface area contributed by atoms with Gasteiger partial charge >= 0.3 is 0 Å². The summed E-state index contributed by atoms with van der Waals surface area (Å²) in [4.78, 5) is 39.1. The molecule has 1 fully saturated rings. The van der Waals surface area contributed by atoms with Gasteiger partial charge in [0, 0.05) is 41.2 Å². The van der Waals surface area contributed by atoms with Crippen LogP contribution >= 0.6 is 0 Å². The quantitative estimate of drug-likeness (QED) is 0.246. The van der Waals surface area contributed by atoms with E-state index in [-0.39, 0.29) is 30.4 Å². The first-order valence-electron chi connectivity index (χ1n) is 14.8. The Morgan fingerprint density at radius 1 is 1.02 bits per heavy atom. The molecule has 2 aliphatic rings. The fraction of sp³-hybridized carbons (Fsp3) is 0.353. The standard InChI is InChI=1S/C34H36FN5O3/c1-19(2)40-18-25(10-14-29(40)41)24-6-5-22-9-13-27(28(22)17-24)31(37-33(43)34(35)15-16-34)32(42)36-26-11-7-23(8-12-26)30-20(3)38-39-21(30)4/h5-8,10-12,14,17-19,27,31H,9,13,15-16H2,1-4H3,(H,36,42)(H,37,43)(H,38,39)/t27-,31?/m1/s1. The number of nitrogens with zero attached hydrogens (tertiary/aromatic N) is 2. The van der Waals surface area contributed by atoms with Crippen molar-refractivity contribution in [3.05, 3.63) is 93.7 Å². The number of alkyl halides is 1. The Hall–Kier alpha value is -4.53. The zero-order valence-corrected chi connectivity index (χ0v) is 24.8. The third-order valence-electron chi connectivity index (χ3n) is 8.73. The van der Waals surface area contributed by atoms with Crippen molar-refractivity contribution in [1.29, 1.82) is 0 Å². The Morgan fingerprint density at radius 2 is 1.72 bits per heavy atom. The molecule has 2 aromatic carbocycles. The number of aromatic nitrogens is 3. The monoisotopic (exact) mass is 581 g/mol. The van der Waals surface area contributed by atoms with Crippen molar-refractivity contribution in [3.8, 4) is 22.3 Å². The van der Waals surface area contributed by atoms with Crippen molar-refractivity contribution in [2.24, 2.45) is 0 Å². The Bertz CT molecular complexity index is 1750. The van der Waals surface area contributed by atoms with Gasteiger partial charge < -0.3 is 15.2 Å². The SMILES string of the molecule is Cc1n[nH]c(C)c1-c1ccc(NC(=O)C(NC(=O)C2(F)CC2)[C@@H]2CCc3ccc(-c4ccc(=O)n(C(C)C)c4)cc32)cc1. The molecule has 4 aromatic rings. The second kappa shape index (κ2) is 10.9. The van der Waals surface area contributed by atoms with Crippen LogP contribution in [0.2, 0.25) is 0 Å². The molecule has 6 rings (SSSR count). The molecule has 43 heavy (non-hydrogen) atoms. The Labute approximate surface area is 249 Å². The summed E-state index contributed by atoms with van der Waals surface area (Å²) in [7, 11) is 0. The van der Waals surface area contributed by atoms with E-state index in [2.05, 4.69) is 20.8 Å². The van der Waals surface area contributed by atoms with Crippen LogP contribution in [0, 0.1) is 13.8 Å². The Kier molecular flexibility index (Phi) is 7.28. The molecule has 2 amide bonds. The summed E-state index contributed by atoms with van der Waals surface area (Å²) in [6.07, 6.45) is 3.56. The van der Waals surface area contributed by atoms with Crippen LogP contribution < -0.4 is 16.2 Å². The average Bonchev–Trinajstić information content (AvgIpc) is 3.47. The van der Waals surface area contributed by atoms with Crippen LogP contribution in [0.1, 0.15) is 67.6 Å². The van der Waals surface area contributed by atoms with Crippen LogP contribution in [-0.4, -0.2) is 38.3 Å². The molecule has 9 heteroatoms. The van der Waals surface area contributed by atoms with Crippen molar-refractivity contribution in [2.45, 2.75) is 77.0 Å². The number of pyridine rings is 1. The highest BCUT2D eigenvalue weighted by Crippen LogP contribution is 2.42. The third-order valence-corrected chi connectivity index (χ3v) is 8.73. The molecule has 0 aliphatic heterocycles. The summed E-state index contributed by atoms with van der Waals surface area (Å²) in [6.45, 7) is 7.81. The Morgan fingerprint density at radius 3 is 2.37 bits per heavy atom. The topological polar surface area (TPSA) is 109 Å². The summed E-state index contributed by atoms with van der Waals surface area (Å²) in [5, 5.41) is 13.0. The van der Waals surface area contributed by atoms with Gasteiger partial charge in [0.05, 0.1) is 5.69 Å². The zero-order chi connectivity index (χ0) is 30.5. The minimum Gasteiger partial charge on any atom is -0.341 e. The normalized spacial score (nSPS) is 17.4. The van der Waals surface area contributed by atoms with Gasteiger partial charge in [0.25, 0.3) is 11.5 Å². The largest absolute Gasteiger partial charge is 0.341 e. The number of rotatable bonds is 8. The predicted octanol–water partition coefficient (Wildman–Crippen LogP) is 5.76. The van der Waals surface area contributed by atoms with E-state index in [0.717, 1.165) is 51.2 Å². The van der Waals surface area contributed by atoms with Gasteiger partial charge in [-0.1, -0.05) is 30.3 Å². The molecule has 0 radical (unpaired) electrons. The molecule has 0 saturated heterocycles. The maximum atomic E-state index is 14.8. The van der Waals surface area contributed by atoms with Crippen LogP contribution in [0.5, 0.6) is 0 Å². The van der Waals surface area contributed by atoms with E-state index >= 15 is 0 Å². The number of benzene rings is 2. The van der Waals surface area contributed by atoms with Crippen molar-refractivity contribution < 1.29 is 14.0 Å². The summed E-state index contributed by atoms with van der Waals surface area (Å²) in [6, 6.07) is 16.0. The molecule has 3 N–H and O–H groups in total. The number of amides is 2. The fourth-order valence-electron chi connectivity index (χ4n) is 6.11. The maximum absolute atomic E-state index is 14.8. The first kappa shape index (κ1) is 28.6. The molecule has 1 unspecified atom stereocenters. The lowest BCUT2D eigenvalue weighted by atomic mass is 9.90. The van der Waals surface area contributed by atoms with Crippen molar-refractivity contribution >= 4 is 17.5 Å². The first-order chi connectivity index (χ1) is 20.5. The number of aromatic amines is 1. The molecule has 0 spiro atoms. The second-order valence-electron chi connectivity index (χ2n) is 12.1. The van der Waals surface area contributed by atoms with E-state index < -0.39 is 23.5 Å². The van der Waals surface area contributed by atoms with E-state index in [1.165, 1.54) is 0 Å². The van der Waals surface area contributed by atoms with Crippen LogP contribution in [0.15, 0.2) is 65.6 Å². The van der Waals surface area contributed by atoms with Gasteiger partial charge in [0.15, 0.2) is 5.67 Å². The molecule has 2 aliphatic carbocycles. The van der Waals surface area contributed by atoms with Gasteiger partial charge in [0.2, 0.25) is 5.91 Å². The van der Waals surface area contributed by atoms with Crippen LogP contribution in [0.4, 0.5) is 10.1 Å². The number of fused-ring (bicyclic) bond motifs is 1. The van der Waals surface area contributed by atoms with E-state index in [1.54, 1.807) is 16.7 Å². The van der Waals surface area contributed by atoms with Gasteiger partial charge in [-0.2, -0.15) is 5.10 Å². The Balaban J connectivity index is 1.30. The number of hydrogen-bond donors (Lipinski definition) is 3. The van der Waals surface area contributed by atoms with Crippen LogP contribution in [0.3, 0.4) is 0 Å². The van der Waals surface area contributed by atoms with Gasteiger partial charge in [-0.25, -0.2) is 4.39 Å². The average molecular weight is 582 g/mol. The number of carbonyl (C=O) groups excluding carboxylic acids is 2. The molecule has 8 nitrogen and oxygen atoms in total. The number of halogens is 1. The minimum absolute atomic E-state index is 0.00941. The fourth-order valence-corrected chi connectivity index (χ4v) is 6.11. The minimum atomic E-state index is -1.91. The highest BCUT2D eigenvalue weighted by molar-refractivity contribution is 6.00. The number of nitrogens with one attached hydrogen (secondary N) is 3. The molecular weight excluding hydrogens is 545 g/mol. The van der Waals surface area contributed by atoms with E-state index in [1.807, 2.05) is 76.4 Å². The zero-order valence-electron chi connectivity index (χ0n) is 24.8. The molecule has 222 valence electrons. The predicted molar refractivity (Wildman–Crippen MR) is 165 cm³/mol. The van der Waals surface area contributed by atoms with Crippen molar-refractivity contribution in [3.63, 3.8) is 0 Å². The molecule has 1 saturated carbocycles. The van der Waals surface area contributed by atoms with Crippen molar-refractivity contribution in [2.75, 3.05) is 5.32 Å². The number of aryl methyl sites for hydroxylation is 3. The molecule has 2 atom stereocenters. The van der Waals surface area contributed by atoms with Gasteiger partial charge in [-0.3, -0.25) is 19.5 Å². The summed E-state index contributed by atoms with van der Waals surface area (Å²) in [5.74, 6) is -1.46. The molecule has 0 bridgehead atoms. The molecule has 2 aromatic heterocycles. The van der Waals surface area contributed by atoms with Crippen LogP contribution in [0.25, 0.3) is 22.3 Å². The second-order valence-corrected chi connectivity index (χ2v) is 12.1. The van der Waals surface area contributed by atoms with Gasteiger partial charge in [-0.05, 0) is 99.4 Å².